The fourth-order valence-corrected chi connectivity index (χ4v) is 5.32. The molecule has 1 fully saturated rings. The van der Waals surface area contributed by atoms with E-state index in [9.17, 15) is 26.8 Å². The average Bonchev–Trinajstić information content (AvgIpc) is 2.79. The van der Waals surface area contributed by atoms with Crippen LogP contribution in [0.3, 0.4) is 0 Å². The van der Waals surface area contributed by atoms with Gasteiger partial charge in [0.2, 0.25) is 15.9 Å². The Morgan fingerprint density at radius 1 is 1.06 bits per heavy atom. The Morgan fingerprint density at radius 3 is 2.15 bits per heavy atom. The van der Waals surface area contributed by atoms with Gasteiger partial charge in [-0.05, 0) is 57.2 Å². The summed E-state index contributed by atoms with van der Waals surface area (Å²) in [5.41, 5.74) is -0.410. The van der Waals surface area contributed by atoms with Gasteiger partial charge in [0.1, 0.15) is 23.9 Å². The number of sulfonamides is 1. The zero-order valence-corrected chi connectivity index (χ0v) is 19.9. The Bertz CT molecular complexity index is 1130. The molecule has 3 rings (SSSR count). The van der Waals surface area contributed by atoms with Gasteiger partial charge in [-0.2, -0.15) is 4.31 Å². The van der Waals surface area contributed by atoms with E-state index in [-0.39, 0.29) is 42.3 Å². The molecule has 2 atom stereocenters. The first-order chi connectivity index (χ1) is 16.0. The number of hydrogen-bond donors (Lipinski definition) is 1. The van der Waals surface area contributed by atoms with Gasteiger partial charge in [0.25, 0.3) is 5.91 Å². The molecule has 1 aliphatic heterocycles. The number of likely N-dealkylation sites (N-methyl/N-ethyl adjacent to an activating group) is 1. The SMILES string of the molecule is CCN(CC(=O)Nc1c(F)cccc1F)C(=O)c1ccc(S(=O)(=O)N2C[C@@H](C)O[C@@H](C)C2)cc1. The molecule has 0 saturated carbocycles. The predicted octanol–water partition coefficient (Wildman–Crippen LogP) is 2.86. The topological polar surface area (TPSA) is 96.0 Å². The largest absolute Gasteiger partial charge is 0.373 e. The van der Waals surface area contributed by atoms with E-state index < -0.39 is 45.7 Å². The molecule has 2 aromatic rings. The number of anilines is 1. The minimum absolute atomic E-state index is 0.0427. The van der Waals surface area contributed by atoms with Crippen molar-refractivity contribution in [2.75, 3.05) is 31.5 Å². The molecule has 34 heavy (non-hydrogen) atoms. The van der Waals surface area contributed by atoms with Crippen molar-refractivity contribution in [3.8, 4) is 0 Å². The first-order valence-corrected chi connectivity index (χ1v) is 12.3. The lowest BCUT2D eigenvalue weighted by Gasteiger charge is -2.34. The van der Waals surface area contributed by atoms with E-state index in [0.29, 0.717) is 0 Å². The van der Waals surface area contributed by atoms with Crippen molar-refractivity contribution in [2.45, 2.75) is 37.9 Å². The molecule has 1 N–H and O–H groups in total. The fraction of sp³-hybridized carbons (Fsp3) is 0.391. The molecule has 184 valence electrons. The summed E-state index contributed by atoms with van der Waals surface area (Å²) in [6.07, 6.45) is -0.469. The molecular weight excluding hydrogens is 468 g/mol. The summed E-state index contributed by atoms with van der Waals surface area (Å²) in [6.45, 7) is 5.42. The molecule has 11 heteroatoms. The number of nitrogens with one attached hydrogen (secondary N) is 1. The van der Waals surface area contributed by atoms with Crippen LogP contribution in [-0.4, -0.2) is 67.8 Å². The van der Waals surface area contributed by atoms with Gasteiger partial charge in [-0.15, -0.1) is 0 Å². The third kappa shape index (κ3) is 5.78. The van der Waals surface area contributed by atoms with Crippen LogP contribution in [0.15, 0.2) is 47.4 Å². The number of hydrogen-bond acceptors (Lipinski definition) is 5. The number of morpholine rings is 1. The second kappa shape index (κ2) is 10.6. The standard InChI is InChI=1S/C23H27F2N3O5S/c1-4-27(14-21(29)26-22-19(24)6-5-7-20(22)25)23(30)17-8-10-18(11-9-17)34(31,32)28-12-15(2)33-16(3)13-28/h5-11,15-16H,4,12-14H2,1-3H3,(H,26,29)/t15-,16+. The van der Waals surface area contributed by atoms with E-state index in [0.717, 1.165) is 12.1 Å². The van der Waals surface area contributed by atoms with Gasteiger partial charge in [-0.25, -0.2) is 17.2 Å². The zero-order valence-electron chi connectivity index (χ0n) is 19.1. The predicted molar refractivity (Wildman–Crippen MR) is 122 cm³/mol. The summed E-state index contributed by atoms with van der Waals surface area (Å²) in [5.74, 6) is -3.15. The zero-order chi connectivity index (χ0) is 25.0. The third-order valence-electron chi connectivity index (χ3n) is 5.36. The summed E-state index contributed by atoms with van der Waals surface area (Å²) in [5, 5.41) is 2.14. The minimum atomic E-state index is -3.76. The Kier molecular flexibility index (Phi) is 8.01. The van der Waals surface area contributed by atoms with Crippen LogP contribution in [0.25, 0.3) is 0 Å². The van der Waals surface area contributed by atoms with E-state index in [1.807, 2.05) is 0 Å². The molecule has 0 radical (unpaired) electrons. The molecule has 0 bridgehead atoms. The van der Waals surface area contributed by atoms with Crippen molar-refractivity contribution in [3.05, 3.63) is 59.7 Å². The Balaban J connectivity index is 1.70. The van der Waals surface area contributed by atoms with Crippen LogP contribution in [0.5, 0.6) is 0 Å². The molecule has 2 amide bonds. The Hall–Kier alpha value is -2.89. The molecule has 0 aromatic heterocycles. The van der Waals surface area contributed by atoms with Crippen LogP contribution in [0, 0.1) is 11.6 Å². The van der Waals surface area contributed by atoms with E-state index in [1.165, 1.54) is 39.5 Å². The van der Waals surface area contributed by atoms with E-state index in [1.54, 1.807) is 20.8 Å². The molecule has 1 aliphatic rings. The number of ether oxygens (including phenoxy) is 1. The van der Waals surface area contributed by atoms with Gasteiger partial charge in [-0.3, -0.25) is 9.59 Å². The first-order valence-electron chi connectivity index (χ1n) is 10.8. The first kappa shape index (κ1) is 25.7. The quantitative estimate of drug-likeness (QED) is 0.637. The van der Waals surface area contributed by atoms with Crippen LogP contribution < -0.4 is 5.32 Å². The van der Waals surface area contributed by atoms with Gasteiger partial charge in [0, 0.05) is 25.2 Å². The summed E-state index contributed by atoms with van der Waals surface area (Å²) in [7, 11) is -3.76. The highest BCUT2D eigenvalue weighted by Crippen LogP contribution is 2.22. The fourth-order valence-electron chi connectivity index (χ4n) is 3.72. The molecule has 2 aromatic carbocycles. The Labute approximate surface area is 197 Å². The third-order valence-corrected chi connectivity index (χ3v) is 7.20. The molecular formula is C23H27F2N3O5S. The minimum Gasteiger partial charge on any atom is -0.373 e. The lowest BCUT2D eigenvalue weighted by atomic mass is 10.2. The molecule has 0 spiro atoms. The second-order valence-corrected chi connectivity index (χ2v) is 10.0. The highest BCUT2D eigenvalue weighted by molar-refractivity contribution is 7.89. The van der Waals surface area contributed by atoms with Crippen molar-refractivity contribution in [1.29, 1.82) is 0 Å². The average molecular weight is 496 g/mol. The number of rotatable bonds is 7. The van der Waals surface area contributed by atoms with E-state index >= 15 is 0 Å². The monoisotopic (exact) mass is 495 g/mol. The van der Waals surface area contributed by atoms with Crippen LogP contribution in [0.1, 0.15) is 31.1 Å². The maximum absolute atomic E-state index is 13.8. The van der Waals surface area contributed by atoms with E-state index in [2.05, 4.69) is 5.32 Å². The van der Waals surface area contributed by atoms with Crippen LogP contribution in [0.4, 0.5) is 14.5 Å². The molecule has 1 heterocycles. The number of benzene rings is 2. The van der Waals surface area contributed by atoms with Gasteiger partial charge < -0.3 is 15.0 Å². The number of carbonyl (C=O) groups excluding carboxylic acids is 2. The van der Waals surface area contributed by atoms with Crippen molar-refractivity contribution >= 4 is 27.5 Å². The van der Waals surface area contributed by atoms with Crippen LogP contribution in [0.2, 0.25) is 0 Å². The number of para-hydroxylation sites is 1. The second-order valence-electron chi connectivity index (χ2n) is 8.07. The van der Waals surface area contributed by atoms with Crippen molar-refractivity contribution < 1.29 is 31.5 Å². The lowest BCUT2D eigenvalue weighted by molar-refractivity contribution is -0.116. The van der Waals surface area contributed by atoms with Gasteiger partial charge in [0.15, 0.2) is 0 Å². The van der Waals surface area contributed by atoms with Gasteiger partial charge in [-0.1, -0.05) is 6.07 Å². The number of nitrogens with zero attached hydrogens (tertiary/aromatic N) is 2. The van der Waals surface area contributed by atoms with Crippen molar-refractivity contribution in [2.24, 2.45) is 0 Å². The van der Waals surface area contributed by atoms with Crippen molar-refractivity contribution in [1.82, 2.24) is 9.21 Å². The smallest absolute Gasteiger partial charge is 0.254 e. The number of amides is 2. The van der Waals surface area contributed by atoms with Crippen LogP contribution in [-0.2, 0) is 19.6 Å². The molecule has 0 unspecified atom stereocenters. The maximum Gasteiger partial charge on any atom is 0.254 e. The molecule has 0 aliphatic carbocycles. The summed E-state index contributed by atoms with van der Waals surface area (Å²) in [4.78, 5) is 26.4. The van der Waals surface area contributed by atoms with Crippen LogP contribution >= 0.6 is 0 Å². The highest BCUT2D eigenvalue weighted by atomic mass is 32.2. The molecule has 1 saturated heterocycles. The summed E-state index contributed by atoms with van der Waals surface area (Å²) < 4.78 is 60.5. The lowest BCUT2D eigenvalue weighted by Crippen LogP contribution is -2.48. The Morgan fingerprint density at radius 2 is 1.62 bits per heavy atom. The van der Waals surface area contributed by atoms with Crippen molar-refractivity contribution in [3.63, 3.8) is 0 Å². The normalized spacial score (nSPS) is 19.0. The van der Waals surface area contributed by atoms with Gasteiger partial charge >= 0.3 is 0 Å². The summed E-state index contributed by atoms with van der Waals surface area (Å²) in [6, 6.07) is 8.63. The number of carbonyl (C=O) groups is 2. The molecule has 8 nitrogen and oxygen atoms in total. The number of halogens is 2. The van der Waals surface area contributed by atoms with Gasteiger partial charge in [0.05, 0.1) is 17.1 Å². The summed E-state index contributed by atoms with van der Waals surface area (Å²) >= 11 is 0. The maximum atomic E-state index is 13.8. The highest BCUT2D eigenvalue weighted by Gasteiger charge is 2.32. The van der Waals surface area contributed by atoms with E-state index in [4.69, 9.17) is 4.74 Å².